The molecular formula is C22H21N5O4. The summed E-state index contributed by atoms with van der Waals surface area (Å²) in [6, 6.07) is 11.0. The molecular weight excluding hydrogens is 398 g/mol. The molecule has 0 unspecified atom stereocenters. The Kier molecular flexibility index (Phi) is 5.71. The van der Waals surface area contributed by atoms with Crippen molar-refractivity contribution in [2.24, 2.45) is 0 Å². The summed E-state index contributed by atoms with van der Waals surface area (Å²) >= 11 is 0. The van der Waals surface area contributed by atoms with Gasteiger partial charge in [-0.2, -0.15) is 4.98 Å². The van der Waals surface area contributed by atoms with E-state index in [1.54, 1.807) is 37.1 Å². The molecule has 0 atom stereocenters. The number of aromatic nitrogens is 2. The van der Waals surface area contributed by atoms with Crippen LogP contribution in [0.4, 0.5) is 17.5 Å². The summed E-state index contributed by atoms with van der Waals surface area (Å²) in [5, 5.41) is 4.05. The van der Waals surface area contributed by atoms with Gasteiger partial charge in [0.05, 0.1) is 18.7 Å². The summed E-state index contributed by atoms with van der Waals surface area (Å²) in [7, 11) is 1.73. The minimum Gasteiger partial charge on any atom is -0.465 e. The van der Waals surface area contributed by atoms with E-state index in [2.05, 4.69) is 20.1 Å². The van der Waals surface area contributed by atoms with Gasteiger partial charge in [0.25, 0.3) is 0 Å². The van der Waals surface area contributed by atoms with Gasteiger partial charge in [0.1, 0.15) is 12.4 Å². The quantitative estimate of drug-likeness (QED) is 0.460. The molecule has 0 radical (unpaired) electrons. The Balaban J connectivity index is 1.64. The van der Waals surface area contributed by atoms with E-state index in [1.165, 1.54) is 0 Å². The number of esters is 1. The number of hydrogen-bond donors (Lipinski definition) is 1. The van der Waals surface area contributed by atoms with E-state index < -0.39 is 0 Å². The van der Waals surface area contributed by atoms with E-state index >= 15 is 0 Å². The van der Waals surface area contributed by atoms with Crippen LogP contribution in [0.15, 0.2) is 36.4 Å². The molecule has 0 saturated carbocycles. The van der Waals surface area contributed by atoms with Crippen molar-refractivity contribution >= 4 is 34.3 Å². The predicted octanol–water partition coefficient (Wildman–Crippen LogP) is 3.52. The Morgan fingerprint density at radius 1 is 1.23 bits per heavy atom. The van der Waals surface area contributed by atoms with Gasteiger partial charge in [-0.15, -0.1) is 0 Å². The first-order chi connectivity index (χ1) is 15.1. The second-order valence-corrected chi connectivity index (χ2v) is 6.89. The summed E-state index contributed by atoms with van der Waals surface area (Å²) in [6.45, 7) is 10.1. The van der Waals surface area contributed by atoms with Crippen molar-refractivity contribution in [3.8, 4) is 11.5 Å². The van der Waals surface area contributed by atoms with E-state index in [1.807, 2.05) is 18.2 Å². The molecule has 0 saturated heterocycles. The highest BCUT2D eigenvalue weighted by Gasteiger charge is 2.16. The zero-order chi connectivity index (χ0) is 21.8. The molecule has 0 amide bonds. The van der Waals surface area contributed by atoms with Crippen LogP contribution in [0.3, 0.4) is 0 Å². The maximum atomic E-state index is 11.9. The van der Waals surface area contributed by atoms with E-state index in [-0.39, 0.29) is 19.3 Å². The molecule has 0 fully saturated rings. The van der Waals surface area contributed by atoms with Crippen molar-refractivity contribution in [3.63, 3.8) is 0 Å². The summed E-state index contributed by atoms with van der Waals surface area (Å²) in [5.41, 5.74) is 2.15. The number of benzene rings is 2. The molecule has 1 N–H and O–H groups in total. The molecule has 0 spiro atoms. The molecule has 2 aromatic carbocycles. The average Bonchev–Trinajstić information content (AvgIpc) is 3.25. The smallest absolute Gasteiger partial charge is 0.325 e. The van der Waals surface area contributed by atoms with Crippen molar-refractivity contribution < 1.29 is 19.0 Å². The highest BCUT2D eigenvalue weighted by molar-refractivity contribution is 5.93. The van der Waals surface area contributed by atoms with E-state index in [4.69, 9.17) is 20.8 Å². The van der Waals surface area contributed by atoms with Gasteiger partial charge in [-0.25, -0.2) is 9.83 Å². The van der Waals surface area contributed by atoms with Crippen LogP contribution in [0.25, 0.3) is 15.7 Å². The summed E-state index contributed by atoms with van der Waals surface area (Å²) in [4.78, 5) is 26.2. The van der Waals surface area contributed by atoms with Crippen LogP contribution in [0.2, 0.25) is 0 Å². The SMILES string of the molecule is [C-]#[N+]c1ccc2nc(N(C)CC(=O)OCC)nc(NCc3ccc4c(c3)OCO4)c2c1. The minimum atomic E-state index is -0.355. The van der Waals surface area contributed by atoms with Crippen LogP contribution in [0.1, 0.15) is 12.5 Å². The average molecular weight is 419 g/mol. The van der Waals surface area contributed by atoms with Crippen molar-refractivity contribution in [2.45, 2.75) is 13.5 Å². The number of nitrogens with zero attached hydrogens (tertiary/aromatic N) is 4. The number of ether oxygens (including phenoxy) is 3. The standard InChI is InChI=1S/C22H21N5O4/c1-4-29-20(28)12-27(3)22-25-17-7-6-15(23-2)10-16(17)21(26-22)24-11-14-5-8-18-19(9-14)31-13-30-18/h5-10H,4,11-13H2,1,3H3,(H,24,25,26). The number of carbonyl (C=O) groups excluding carboxylic acids is 1. The lowest BCUT2D eigenvalue weighted by atomic mass is 10.2. The molecule has 9 heteroatoms. The van der Waals surface area contributed by atoms with Crippen LogP contribution in [0.5, 0.6) is 11.5 Å². The topological polar surface area (TPSA) is 90.2 Å². The lowest BCUT2D eigenvalue weighted by molar-refractivity contribution is -0.141. The molecule has 4 rings (SSSR count). The van der Waals surface area contributed by atoms with Gasteiger partial charge >= 0.3 is 5.97 Å². The largest absolute Gasteiger partial charge is 0.465 e. The third-order valence-electron chi connectivity index (χ3n) is 4.71. The van der Waals surface area contributed by atoms with Gasteiger partial charge in [0, 0.05) is 19.0 Å². The number of carbonyl (C=O) groups is 1. The zero-order valence-electron chi connectivity index (χ0n) is 17.2. The van der Waals surface area contributed by atoms with Crippen LogP contribution in [-0.2, 0) is 16.1 Å². The maximum absolute atomic E-state index is 11.9. The second-order valence-electron chi connectivity index (χ2n) is 6.89. The molecule has 0 bridgehead atoms. The van der Waals surface area contributed by atoms with Crippen LogP contribution in [-0.4, -0.2) is 42.9 Å². The van der Waals surface area contributed by atoms with Crippen molar-refractivity contribution in [3.05, 3.63) is 53.4 Å². The zero-order valence-corrected chi connectivity index (χ0v) is 17.2. The summed E-state index contributed by atoms with van der Waals surface area (Å²) < 4.78 is 15.8. The molecule has 3 aromatic rings. The molecule has 1 aliphatic rings. The van der Waals surface area contributed by atoms with Gasteiger partial charge in [-0.05, 0) is 36.8 Å². The monoisotopic (exact) mass is 419 g/mol. The van der Waals surface area contributed by atoms with E-state index in [0.29, 0.717) is 41.9 Å². The molecule has 0 aliphatic carbocycles. The lowest BCUT2D eigenvalue weighted by Gasteiger charge is -2.18. The molecule has 158 valence electrons. The number of likely N-dealkylation sites (N-methyl/N-ethyl adjacent to an activating group) is 1. The second kappa shape index (κ2) is 8.75. The fourth-order valence-electron chi connectivity index (χ4n) is 3.19. The lowest BCUT2D eigenvalue weighted by Crippen LogP contribution is -2.28. The van der Waals surface area contributed by atoms with Gasteiger partial charge in [-0.3, -0.25) is 4.79 Å². The maximum Gasteiger partial charge on any atom is 0.325 e. The number of anilines is 2. The first kappa shape index (κ1) is 20.2. The van der Waals surface area contributed by atoms with E-state index in [0.717, 1.165) is 16.7 Å². The first-order valence-corrected chi connectivity index (χ1v) is 9.76. The number of rotatable bonds is 7. The molecule has 31 heavy (non-hydrogen) atoms. The number of nitrogens with one attached hydrogen (secondary N) is 1. The number of hydrogen-bond acceptors (Lipinski definition) is 8. The van der Waals surface area contributed by atoms with Crippen LogP contribution in [0, 0.1) is 6.57 Å². The van der Waals surface area contributed by atoms with Crippen LogP contribution < -0.4 is 19.7 Å². The third kappa shape index (κ3) is 4.43. The number of fused-ring (bicyclic) bond motifs is 2. The summed E-state index contributed by atoms with van der Waals surface area (Å²) in [5.74, 6) is 2.02. The molecule has 1 aromatic heterocycles. The highest BCUT2D eigenvalue weighted by Crippen LogP contribution is 2.33. The molecule has 2 heterocycles. The van der Waals surface area contributed by atoms with Crippen LogP contribution >= 0.6 is 0 Å². The normalized spacial score (nSPS) is 11.8. The third-order valence-corrected chi connectivity index (χ3v) is 4.71. The van der Waals surface area contributed by atoms with Gasteiger partial charge in [-0.1, -0.05) is 12.1 Å². The predicted molar refractivity (Wildman–Crippen MR) is 116 cm³/mol. The Morgan fingerprint density at radius 3 is 2.87 bits per heavy atom. The fraction of sp³-hybridized carbons (Fsp3) is 0.273. The van der Waals surface area contributed by atoms with Gasteiger partial charge in [0.2, 0.25) is 12.7 Å². The molecule has 1 aliphatic heterocycles. The van der Waals surface area contributed by atoms with Crippen molar-refractivity contribution in [2.75, 3.05) is 37.2 Å². The fourth-order valence-corrected chi connectivity index (χ4v) is 3.19. The Morgan fingerprint density at radius 2 is 2.06 bits per heavy atom. The Bertz CT molecular complexity index is 1170. The Labute approximate surface area is 179 Å². The van der Waals surface area contributed by atoms with Crippen molar-refractivity contribution in [1.29, 1.82) is 0 Å². The summed E-state index contributed by atoms with van der Waals surface area (Å²) in [6.07, 6.45) is 0. The molecule has 9 nitrogen and oxygen atoms in total. The van der Waals surface area contributed by atoms with Gasteiger partial charge in [0.15, 0.2) is 17.2 Å². The van der Waals surface area contributed by atoms with Gasteiger partial charge < -0.3 is 24.4 Å². The van der Waals surface area contributed by atoms with Crippen molar-refractivity contribution in [1.82, 2.24) is 9.97 Å². The first-order valence-electron chi connectivity index (χ1n) is 9.76. The minimum absolute atomic E-state index is 0.0289. The Hall–Kier alpha value is -4.06. The van der Waals surface area contributed by atoms with E-state index in [9.17, 15) is 4.79 Å². The highest BCUT2D eigenvalue weighted by atomic mass is 16.7.